The van der Waals surface area contributed by atoms with E-state index in [2.05, 4.69) is 153 Å². The molecule has 9 heteroatoms. The Morgan fingerprint density at radius 3 is 1.06 bits per heavy atom. The fraction of sp³-hybridized carbons (Fsp3) is 0.684. The van der Waals surface area contributed by atoms with Gasteiger partial charge in [0.1, 0.15) is 13.2 Å². The number of quaternary nitrogens is 1. The van der Waals surface area contributed by atoms with Gasteiger partial charge in [0.05, 0.1) is 39.9 Å². The highest BCUT2D eigenvalue weighted by molar-refractivity contribution is 7.45. The van der Waals surface area contributed by atoms with Crippen molar-refractivity contribution in [3.63, 3.8) is 0 Å². The maximum Gasteiger partial charge on any atom is 0.268 e. The summed E-state index contributed by atoms with van der Waals surface area (Å²) in [6.07, 6.45) is 104. The van der Waals surface area contributed by atoms with E-state index in [0.29, 0.717) is 17.4 Å². The summed E-state index contributed by atoms with van der Waals surface area (Å²) in [6.45, 7) is 4.51. The summed E-state index contributed by atoms with van der Waals surface area (Å²) in [5, 5.41) is 13.9. The number of carbonyl (C=O) groups excluding carboxylic acids is 1. The van der Waals surface area contributed by atoms with Crippen LogP contribution in [-0.4, -0.2) is 68.5 Å². The van der Waals surface area contributed by atoms with E-state index in [1.807, 2.05) is 27.2 Å². The molecule has 0 bridgehead atoms. The van der Waals surface area contributed by atoms with Gasteiger partial charge in [-0.25, -0.2) is 0 Å². The quantitative estimate of drug-likeness (QED) is 0.0272. The van der Waals surface area contributed by atoms with Crippen LogP contribution in [0.3, 0.4) is 0 Å². The zero-order chi connectivity index (χ0) is 64.1. The summed E-state index contributed by atoms with van der Waals surface area (Å²) in [7, 11) is 1.22. The molecule has 0 heterocycles. The third-order valence-electron chi connectivity index (χ3n) is 15.5. The van der Waals surface area contributed by atoms with Crippen molar-refractivity contribution in [2.75, 3.05) is 40.9 Å². The minimum atomic E-state index is -4.63. The molecule has 3 atom stereocenters. The smallest absolute Gasteiger partial charge is 0.268 e. The van der Waals surface area contributed by atoms with Gasteiger partial charge in [-0.15, -0.1) is 0 Å². The lowest BCUT2D eigenvalue weighted by Crippen LogP contribution is -2.45. The van der Waals surface area contributed by atoms with Crippen LogP contribution in [0, 0.1) is 0 Å². The van der Waals surface area contributed by atoms with Crippen molar-refractivity contribution in [1.82, 2.24) is 5.32 Å². The van der Waals surface area contributed by atoms with Crippen LogP contribution >= 0.6 is 7.82 Å². The molecule has 0 radical (unpaired) electrons. The summed E-state index contributed by atoms with van der Waals surface area (Å²) >= 11 is 0. The molecule has 0 aliphatic rings. The van der Waals surface area contributed by atoms with Gasteiger partial charge in [-0.1, -0.05) is 320 Å². The fourth-order valence-electron chi connectivity index (χ4n) is 9.94. The molecule has 0 aliphatic carbocycles. The van der Waals surface area contributed by atoms with E-state index in [0.717, 1.165) is 116 Å². The maximum atomic E-state index is 13.0. The molecular formula is C79H137N2O6P. The number of carbonyl (C=O) groups is 1. The van der Waals surface area contributed by atoms with Crippen molar-refractivity contribution in [2.45, 2.75) is 309 Å². The van der Waals surface area contributed by atoms with Gasteiger partial charge in [0.15, 0.2) is 0 Å². The first-order valence-electron chi connectivity index (χ1n) is 36.2. The van der Waals surface area contributed by atoms with Crippen molar-refractivity contribution in [1.29, 1.82) is 0 Å². The van der Waals surface area contributed by atoms with Crippen LogP contribution < -0.4 is 10.2 Å². The summed E-state index contributed by atoms with van der Waals surface area (Å²) in [5.74, 6) is -0.221. The van der Waals surface area contributed by atoms with Crippen LogP contribution in [0.15, 0.2) is 146 Å². The Morgan fingerprint density at radius 1 is 0.409 bits per heavy atom. The minimum Gasteiger partial charge on any atom is -0.756 e. The number of hydrogen-bond acceptors (Lipinski definition) is 6. The third-order valence-corrected chi connectivity index (χ3v) is 16.5. The van der Waals surface area contributed by atoms with Crippen LogP contribution in [-0.2, 0) is 18.4 Å². The summed E-state index contributed by atoms with van der Waals surface area (Å²) in [4.78, 5) is 25.6. The number of hydrogen-bond donors (Lipinski definition) is 2. The SMILES string of the molecule is CC/C=C\C/C=C\C/C=C\C/C=C\C/C=C\C/C=C\C/C=C\C/C=C\C/C=C\CCCCCCCCCCCC(=O)NC(COP(=O)([O-])OCC[N+](C)(C)C)C(O)/C=C/CC/C=C/CC/C=C/CCCCCCCCCCCCCCCCCCCCC. The molecule has 88 heavy (non-hydrogen) atoms. The van der Waals surface area contributed by atoms with E-state index in [9.17, 15) is 19.4 Å². The Kier molecular flexibility index (Phi) is 65.0. The molecular weight excluding hydrogens is 1100 g/mol. The summed E-state index contributed by atoms with van der Waals surface area (Å²) < 4.78 is 23.4. The first-order valence-corrected chi connectivity index (χ1v) is 37.7. The highest BCUT2D eigenvalue weighted by atomic mass is 31.2. The largest absolute Gasteiger partial charge is 0.756 e. The van der Waals surface area contributed by atoms with Crippen LogP contribution in [0.2, 0.25) is 0 Å². The van der Waals surface area contributed by atoms with E-state index in [4.69, 9.17) is 9.05 Å². The highest BCUT2D eigenvalue weighted by Gasteiger charge is 2.23. The molecule has 0 aromatic heterocycles. The second-order valence-corrected chi connectivity index (χ2v) is 26.6. The van der Waals surface area contributed by atoms with Gasteiger partial charge in [-0.2, -0.15) is 0 Å². The van der Waals surface area contributed by atoms with Crippen molar-refractivity contribution in [3.8, 4) is 0 Å². The lowest BCUT2D eigenvalue weighted by atomic mass is 10.0. The first-order chi connectivity index (χ1) is 43.0. The summed E-state index contributed by atoms with van der Waals surface area (Å²) in [6, 6.07) is -0.926. The molecule has 3 unspecified atom stereocenters. The molecule has 0 rings (SSSR count). The molecule has 2 N–H and O–H groups in total. The van der Waals surface area contributed by atoms with Gasteiger partial charge in [0.25, 0.3) is 7.82 Å². The van der Waals surface area contributed by atoms with Crippen LogP contribution in [0.5, 0.6) is 0 Å². The third kappa shape index (κ3) is 69.8. The van der Waals surface area contributed by atoms with Gasteiger partial charge in [-0.3, -0.25) is 9.36 Å². The highest BCUT2D eigenvalue weighted by Crippen LogP contribution is 2.38. The lowest BCUT2D eigenvalue weighted by Gasteiger charge is -2.29. The van der Waals surface area contributed by atoms with E-state index in [1.165, 1.54) is 161 Å². The zero-order valence-corrected chi connectivity index (χ0v) is 58.5. The van der Waals surface area contributed by atoms with Crippen LogP contribution in [0.1, 0.15) is 296 Å². The van der Waals surface area contributed by atoms with Gasteiger partial charge in [-0.05, 0) is 116 Å². The second kappa shape index (κ2) is 67.8. The first kappa shape index (κ1) is 84.4. The number of phosphoric ester groups is 1. The van der Waals surface area contributed by atoms with Crippen LogP contribution in [0.25, 0.3) is 0 Å². The molecule has 0 aromatic rings. The van der Waals surface area contributed by atoms with E-state index in [-0.39, 0.29) is 12.5 Å². The fourth-order valence-corrected chi connectivity index (χ4v) is 10.7. The van der Waals surface area contributed by atoms with Gasteiger partial charge < -0.3 is 28.8 Å². The van der Waals surface area contributed by atoms with Gasteiger partial charge in [0.2, 0.25) is 5.91 Å². The number of nitrogens with one attached hydrogen (secondary N) is 1. The maximum absolute atomic E-state index is 13.0. The zero-order valence-electron chi connectivity index (χ0n) is 57.6. The Bertz CT molecular complexity index is 1950. The number of allylic oxidation sites excluding steroid dienone is 23. The molecule has 8 nitrogen and oxygen atoms in total. The lowest BCUT2D eigenvalue weighted by molar-refractivity contribution is -0.870. The Morgan fingerprint density at radius 2 is 0.705 bits per heavy atom. The average Bonchev–Trinajstić information content (AvgIpc) is 3.70. The molecule has 1 amide bonds. The Balaban J connectivity index is 4.19. The number of aliphatic hydroxyl groups excluding tert-OH is 1. The molecule has 0 aromatic carbocycles. The number of amides is 1. The van der Waals surface area contributed by atoms with Gasteiger partial charge in [0, 0.05) is 6.42 Å². The molecule has 0 spiro atoms. The van der Waals surface area contributed by atoms with E-state index >= 15 is 0 Å². The Labute approximate surface area is 544 Å². The minimum absolute atomic E-state index is 0.0172. The second-order valence-electron chi connectivity index (χ2n) is 25.2. The molecule has 0 fully saturated rings. The topological polar surface area (TPSA) is 108 Å². The number of phosphoric acid groups is 1. The normalized spacial score (nSPS) is 14.5. The number of unbranched alkanes of at least 4 members (excludes halogenated alkanes) is 30. The Hall–Kier alpha value is -3.62. The number of likely N-dealkylation sites (N-methyl/N-ethyl adjacent to an activating group) is 1. The van der Waals surface area contributed by atoms with Crippen molar-refractivity contribution < 1.29 is 32.9 Å². The van der Waals surface area contributed by atoms with Crippen molar-refractivity contribution in [2.24, 2.45) is 0 Å². The van der Waals surface area contributed by atoms with E-state index in [1.54, 1.807) is 6.08 Å². The standard InChI is InChI=1S/C79H137N2O6P/c1-6-8-10-12-14-16-18-20-22-24-26-28-30-32-34-36-37-38-39-40-41-42-43-45-47-49-51-53-55-57-59-61-63-65-67-69-71-73-79(83)80-77(76-87-88(84,85)86-75-74-81(3,4)5)78(82)72-70-68-66-64-62-60-58-56-54-52-50-48-46-44-35-33-31-29-27-25-23-21-19-17-15-13-11-9-7-2/h8,10,14,16,20,22,26,28,32,34,37-38,40-41,43,45,49,51,54,56,62,64,70,72,77-78,82H,6-7,9,11-13,15,17-19,21,23-25,27,29-31,33,35-36,39,42,44,46-48,50,52-53,55,57-61,63,65-69,71,73-76H2,1-5H3,(H-,80,83,84,85)/b10-8-,16-14-,22-20-,28-26-,34-32-,38-37-,41-40-,45-43-,51-49-,56-54+,64-62+,72-70+. The van der Waals surface area contributed by atoms with Crippen molar-refractivity contribution >= 4 is 13.7 Å². The molecule has 0 saturated carbocycles. The molecule has 0 aliphatic heterocycles. The average molecular weight is 1240 g/mol. The number of aliphatic hydroxyl groups is 1. The predicted molar refractivity (Wildman–Crippen MR) is 385 cm³/mol. The predicted octanol–water partition coefficient (Wildman–Crippen LogP) is 22.9. The monoisotopic (exact) mass is 1240 g/mol. The van der Waals surface area contributed by atoms with Gasteiger partial charge >= 0.3 is 0 Å². The summed E-state index contributed by atoms with van der Waals surface area (Å²) in [5.41, 5.74) is 0. The number of rotatable bonds is 65. The molecule has 0 saturated heterocycles. The van der Waals surface area contributed by atoms with Crippen molar-refractivity contribution in [3.05, 3.63) is 146 Å². The van der Waals surface area contributed by atoms with E-state index < -0.39 is 26.6 Å². The van der Waals surface area contributed by atoms with Crippen LogP contribution in [0.4, 0.5) is 0 Å². The number of nitrogens with zero attached hydrogens (tertiary/aromatic N) is 1. The molecule has 504 valence electrons.